The second-order valence-electron chi connectivity index (χ2n) is 5.16. The maximum atomic E-state index is 13.9. The number of fused-ring (bicyclic) bond motifs is 1. The predicted octanol–water partition coefficient (Wildman–Crippen LogP) is 3.67. The first-order valence-electron chi connectivity index (χ1n) is 8.33. The van der Waals surface area contributed by atoms with Crippen LogP contribution < -0.4 is 11.0 Å². The van der Waals surface area contributed by atoms with Crippen LogP contribution in [0.1, 0.15) is 31.1 Å². The largest absolute Gasteiger partial charge is 0.462 e. The van der Waals surface area contributed by atoms with Crippen LogP contribution in [0.5, 0.6) is 0 Å². The van der Waals surface area contributed by atoms with Crippen LogP contribution in [0.25, 0.3) is 16.6 Å². The van der Waals surface area contributed by atoms with E-state index in [9.17, 15) is 18.8 Å². The molecule has 0 saturated carbocycles. The molecule has 3 rings (SSSR count). The molecule has 27 heavy (non-hydrogen) atoms. The Kier molecular flexibility index (Phi) is 6.52. The van der Waals surface area contributed by atoms with Crippen LogP contribution in [-0.4, -0.2) is 22.1 Å². The van der Waals surface area contributed by atoms with Gasteiger partial charge in [0.15, 0.2) is 0 Å². The lowest BCUT2D eigenvalue weighted by molar-refractivity contribution is 0.0524. The van der Waals surface area contributed by atoms with Crippen LogP contribution in [0.15, 0.2) is 46.2 Å². The minimum Gasteiger partial charge on any atom is -0.462 e. The van der Waals surface area contributed by atoms with E-state index in [2.05, 4.69) is 4.98 Å². The Morgan fingerprint density at radius 3 is 2.56 bits per heavy atom. The van der Waals surface area contributed by atoms with Gasteiger partial charge in [-0.2, -0.15) is 0 Å². The molecule has 0 atom stereocenters. The van der Waals surface area contributed by atoms with Crippen LogP contribution in [-0.2, 0) is 4.74 Å². The number of nitrogens with zero attached hydrogens (tertiary/aromatic N) is 1. The molecule has 6 nitrogen and oxygen atoms in total. The average Bonchev–Trinajstić information content (AvgIpc) is 2.66. The number of pyridine rings is 2. The molecule has 0 spiro atoms. The molecule has 142 valence electrons. The third-order valence-electron chi connectivity index (χ3n) is 3.59. The predicted molar refractivity (Wildman–Crippen MR) is 102 cm³/mol. The zero-order valence-corrected chi connectivity index (χ0v) is 15.8. The van der Waals surface area contributed by atoms with E-state index in [0.717, 1.165) is 6.07 Å². The van der Waals surface area contributed by atoms with Gasteiger partial charge in [-0.1, -0.05) is 25.4 Å². The van der Waals surface area contributed by atoms with Crippen molar-refractivity contribution in [3.63, 3.8) is 0 Å². The summed E-state index contributed by atoms with van der Waals surface area (Å²) >= 11 is 5.79. The molecule has 1 N–H and O–H groups in total. The summed E-state index contributed by atoms with van der Waals surface area (Å²) in [5, 5.41) is -0.179. The number of hydrogen-bond acceptors (Lipinski definition) is 4. The summed E-state index contributed by atoms with van der Waals surface area (Å²) in [6.07, 6.45) is 2.64. The standard InChI is InChI=1S/C17H12ClFN2O4.C2H6/c1-2-25-17(24)11-8-21(9-3-4-15(22)20-7-9)14-6-13(19)12(18)5-10(14)16(11)23;1-2/h3-8H,2H2,1H3,(H,20,22);1-2H3. The molecule has 3 aromatic rings. The number of benzene rings is 1. The van der Waals surface area contributed by atoms with Gasteiger partial charge in [-0.15, -0.1) is 0 Å². The quantitative estimate of drug-likeness (QED) is 0.689. The van der Waals surface area contributed by atoms with Crippen molar-refractivity contribution in [2.45, 2.75) is 20.8 Å². The summed E-state index contributed by atoms with van der Waals surface area (Å²) in [6, 6.07) is 5.01. The van der Waals surface area contributed by atoms with Gasteiger partial charge in [0.2, 0.25) is 11.0 Å². The smallest absolute Gasteiger partial charge is 0.343 e. The number of aromatic nitrogens is 2. The number of carbonyl (C=O) groups excluding carboxylic acids is 1. The summed E-state index contributed by atoms with van der Waals surface area (Å²) in [5.74, 6) is -1.51. The first kappa shape index (κ1) is 20.4. The summed E-state index contributed by atoms with van der Waals surface area (Å²) in [6.45, 7) is 5.71. The normalized spacial score (nSPS) is 10.3. The maximum absolute atomic E-state index is 13.9. The molecule has 0 amide bonds. The van der Waals surface area contributed by atoms with Crippen molar-refractivity contribution in [2.24, 2.45) is 0 Å². The Morgan fingerprint density at radius 1 is 1.26 bits per heavy atom. The Morgan fingerprint density at radius 2 is 1.96 bits per heavy atom. The molecule has 0 unspecified atom stereocenters. The zero-order valence-electron chi connectivity index (χ0n) is 15.0. The molecule has 2 heterocycles. The number of H-pyrrole nitrogens is 1. The van der Waals surface area contributed by atoms with E-state index in [4.69, 9.17) is 16.3 Å². The molecular weight excluding hydrogens is 375 g/mol. The molecule has 0 fully saturated rings. The fourth-order valence-corrected chi connectivity index (χ4v) is 2.60. The Labute approximate surface area is 159 Å². The minimum atomic E-state index is -0.798. The van der Waals surface area contributed by atoms with E-state index >= 15 is 0 Å². The minimum absolute atomic E-state index is 0.0585. The second-order valence-corrected chi connectivity index (χ2v) is 5.56. The fourth-order valence-electron chi connectivity index (χ4n) is 2.44. The van der Waals surface area contributed by atoms with E-state index in [-0.39, 0.29) is 33.7 Å². The van der Waals surface area contributed by atoms with Crippen molar-refractivity contribution in [2.75, 3.05) is 6.61 Å². The second kappa shape index (κ2) is 8.64. The maximum Gasteiger partial charge on any atom is 0.343 e. The third-order valence-corrected chi connectivity index (χ3v) is 3.88. The van der Waals surface area contributed by atoms with Crippen molar-refractivity contribution < 1.29 is 13.9 Å². The number of halogens is 2. The summed E-state index contributed by atoms with van der Waals surface area (Å²) in [7, 11) is 0. The number of ether oxygens (including phenoxy) is 1. The molecule has 2 aromatic heterocycles. The molecule has 1 aromatic carbocycles. The first-order valence-corrected chi connectivity index (χ1v) is 8.71. The lowest BCUT2D eigenvalue weighted by atomic mass is 10.1. The van der Waals surface area contributed by atoms with Crippen molar-refractivity contribution in [1.82, 2.24) is 9.55 Å². The molecule has 8 heteroatoms. The summed E-state index contributed by atoms with van der Waals surface area (Å²) in [4.78, 5) is 38.4. The zero-order chi connectivity index (χ0) is 20.1. The topological polar surface area (TPSA) is 81.2 Å². The number of rotatable bonds is 3. The molecular formula is C19H18ClFN2O4. The third kappa shape index (κ3) is 4.09. The SMILES string of the molecule is CC.CCOC(=O)c1cn(-c2ccc(=O)[nH]c2)c2cc(F)c(Cl)cc2c1=O. The van der Waals surface area contributed by atoms with Crippen molar-refractivity contribution in [3.8, 4) is 5.69 Å². The molecule has 0 bridgehead atoms. The van der Waals surface area contributed by atoms with Gasteiger partial charge in [0.05, 0.1) is 22.8 Å². The number of aromatic amines is 1. The summed E-state index contributed by atoms with van der Waals surface area (Å²) in [5.41, 5.74) is -0.531. The Hall–Kier alpha value is -2.93. The molecule has 0 aliphatic heterocycles. The number of esters is 1. The van der Waals surface area contributed by atoms with Crippen LogP contribution in [0.3, 0.4) is 0 Å². The van der Waals surface area contributed by atoms with Gasteiger partial charge in [0.1, 0.15) is 11.4 Å². The van der Waals surface area contributed by atoms with Crippen molar-refractivity contribution >= 4 is 28.5 Å². The van der Waals surface area contributed by atoms with E-state index in [0.29, 0.717) is 5.69 Å². The highest BCUT2D eigenvalue weighted by Crippen LogP contribution is 2.23. The fraction of sp³-hybridized carbons (Fsp3) is 0.211. The first-order chi connectivity index (χ1) is 12.9. The Bertz CT molecular complexity index is 1080. The molecule has 0 aliphatic carbocycles. The van der Waals surface area contributed by atoms with E-state index in [1.54, 1.807) is 6.92 Å². The van der Waals surface area contributed by atoms with Gasteiger partial charge in [-0.05, 0) is 19.1 Å². The number of nitrogens with one attached hydrogen (secondary N) is 1. The summed E-state index contributed by atoms with van der Waals surface area (Å²) < 4.78 is 20.2. The van der Waals surface area contributed by atoms with E-state index in [1.165, 1.54) is 35.2 Å². The van der Waals surface area contributed by atoms with Crippen molar-refractivity contribution in [3.05, 3.63) is 73.6 Å². The molecule has 0 aliphatic rings. The van der Waals surface area contributed by atoms with Crippen LogP contribution in [0.4, 0.5) is 4.39 Å². The Balaban J connectivity index is 0.00000126. The van der Waals surface area contributed by atoms with Gasteiger partial charge < -0.3 is 14.3 Å². The van der Waals surface area contributed by atoms with Crippen molar-refractivity contribution in [1.29, 1.82) is 0 Å². The lowest BCUT2D eigenvalue weighted by Crippen LogP contribution is -2.21. The van der Waals surface area contributed by atoms with Gasteiger partial charge in [-0.3, -0.25) is 9.59 Å². The molecule has 0 saturated heterocycles. The van der Waals surface area contributed by atoms with E-state index in [1.807, 2.05) is 13.8 Å². The number of carbonyl (C=O) groups is 1. The molecule has 0 radical (unpaired) electrons. The monoisotopic (exact) mass is 392 g/mol. The number of hydrogen-bond donors (Lipinski definition) is 1. The van der Waals surface area contributed by atoms with Gasteiger partial charge in [0.25, 0.3) is 0 Å². The highest BCUT2D eigenvalue weighted by atomic mass is 35.5. The van der Waals surface area contributed by atoms with Gasteiger partial charge in [0, 0.05) is 29.9 Å². The van der Waals surface area contributed by atoms with Gasteiger partial charge >= 0.3 is 5.97 Å². The lowest BCUT2D eigenvalue weighted by Gasteiger charge is -2.13. The van der Waals surface area contributed by atoms with Crippen LogP contribution >= 0.6 is 11.6 Å². The van der Waals surface area contributed by atoms with E-state index < -0.39 is 17.2 Å². The van der Waals surface area contributed by atoms with Crippen LogP contribution in [0, 0.1) is 5.82 Å². The van der Waals surface area contributed by atoms with Gasteiger partial charge in [-0.25, -0.2) is 9.18 Å². The highest BCUT2D eigenvalue weighted by molar-refractivity contribution is 6.31. The van der Waals surface area contributed by atoms with Crippen LogP contribution in [0.2, 0.25) is 5.02 Å². The average molecular weight is 393 g/mol. The highest BCUT2D eigenvalue weighted by Gasteiger charge is 2.18.